The van der Waals surface area contributed by atoms with Crippen LogP contribution in [0.4, 0.5) is 0 Å². The third-order valence-corrected chi connectivity index (χ3v) is 4.47. The monoisotopic (exact) mass is 341 g/mol. The number of amides is 1. The maximum atomic E-state index is 12.4. The van der Waals surface area contributed by atoms with Gasteiger partial charge in [-0.15, -0.1) is 0 Å². The van der Waals surface area contributed by atoms with Gasteiger partial charge in [-0.1, -0.05) is 0 Å². The first-order valence-electron chi connectivity index (χ1n) is 8.56. The fourth-order valence-corrected chi connectivity index (χ4v) is 3.09. The number of carbonyl (C=O) groups is 1. The summed E-state index contributed by atoms with van der Waals surface area (Å²) in [5.74, 6) is 0.588. The fourth-order valence-electron chi connectivity index (χ4n) is 3.09. The normalized spacial score (nSPS) is 17.5. The summed E-state index contributed by atoms with van der Waals surface area (Å²) in [6.07, 6.45) is 4.06. The van der Waals surface area contributed by atoms with Crippen molar-refractivity contribution in [3.63, 3.8) is 0 Å². The van der Waals surface area contributed by atoms with Crippen LogP contribution in [-0.4, -0.2) is 51.4 Å². The number of nitrogens with zero attached hydrogens (tertiary/aromatic N) is 3. The van der Waals surface area contributed by atoms with Gasteiger partial charge in [0.15, 0.2) is 0 Å². The Morgan fingerprint density at radius 2 is 2.28 bits per heavy atom. The van der Waals surface area contributed by atoms with E-state index in [4.69, 9.17) is 0 Å². The van der Waals surface area contributed by atoms with E-state index < -0.39 is 0 Å². The molecule has 1 amide bonds. The first-order valence-corrected chi connectivity index (χ1v) is 8.56. The Morgan fingerprint density at radius 3 is 2.96 bits per heavy atom. The Labute approximate surface area is 146 Å². The number of aryl methyl sites for hydroxylation is 1. The standard InChI is InChI=1S/C18H23N5O2/c1-12-11-23(9-8-20-12)16(24)6-5-15-13(2)21-17(22-18(15)25)14-4-3-7-19-10-14/h3-4,7,10,12,20H,5-6,8-9,11H2,1-2H3,(H,21,22,25)/t12-/m1/s1. The summed E-state index contributed by atoms with van der Waals surface area (Å²) in [7, 11) is 0. The van der Waals surface area contributed by atoms with Crippen LogP contribution in [0.1, 0.15) is 24.6 Å². The third-order valence-electron chi connectivity index (χ3n) is 4.47. The average molecular weight is 341 g/mol. The van der Waals surface area contributed by atoms with Crippen molar-refractivity contribution < 1.29 is 4.79 Å². The molecule has 1 fully saturated rings. The van der Waals surface area contributed by atoms with Crippen molar-refractivity contribution in [2.45, 2.75) is 32.7 Å². The maximum Gasteiger partial charge on any atom is 0.254 e. The molecule has 1 atom stereocenters. The highest BCUT2D eigenvalue weighted by atomic mass is 16.2. The molecule has 7 heteroatoms. The molecule has 2 aromatic heterocycles. The van der Waals surface area contributed by atoms with Crippen LogP contribution in [0, 0.1) is 6.92 Å². The number of pyridine rings is 1. The van der Waals surface area contributed by atoms with Crippen molar-refractivity contribution in [1.82, 2.24) is 25.2 Å². The molecule has 1 aliphatic heterocycles. The highest BCUT2D eigenvalue weighted by molar-refractivity contribution is 5.76. The van der Waals surface area contributed by atoms with Crippen molar-refractivity contribution in [1.29, 1.82) is 0 Å². The van der Waals surface area contributed by atoms with Gasteiger partial charge in [0.2, 0.25) is 5.91 Å². The van der Waals surface area contributed by atoms with Crippen LogP contribution >= 0.6 is 0 Å². The number of nitrogens with one attached hydrogen (secondary N) is 2. The summed E-state index contributed by atoms with van der Waals surface area (Å²) in [5.41, 5.74) is 1.81. The van der Waals surface area contributed by atoms with Crippen molar-refractivity contribution in [2.75, 3.05) is 19.6 Å². The summed E-state index contributed by atoms with van der Waals surface area (Å²) in [5, 5.41) is 3.32. The molecule has 0 aromatic carbocycles. The van der Waals surface area contributed by atoms with E-state index >= 15 is 0 Å². The van der Waals surface area contributed by atoms with E-state index in [0.717, 1.165) is 18.7 Å². The van der Waals surface area contributed by atoms with Crippen LogP contribution in [0.15, 0.2) is 29.3 Å². The van der Waals surface area contributed by atoms with Crippen LogP contribution < -0.4 is 10.9 Å². The summed E-state index contributed by atoms with van der Waals surface area (Å²) in [6.45, 7) is 6.12. The predicted molar refractivity (Wildman–Crippen MR) is 95.2 cm³/mol. The van der Waals surface area contributed by atoms with Crippen molar-refractivity contribution in [3.8, 4) is 11.4 Å². The Kier molecular flexibility index (Phi) is 5.23. The average Bonchev–Trinajstić information content (AvgIpc) is 2.61. The summed E-state index contributed by atoms with van der Waals surface area (Å²) in [4.78, 5) is 38.0. The predicted octanol–water partition coefficient (Wildman–Crippen LogP) is 0.893. The van der Waals surface area contributed by atoms with E-state index in [0.29, 0.717) is 42.5 Å². The zero-order chi connectivity index (χ0) is 17.8. The smallest absolute Gasteiger partial charge is 0.254 e. The lowest BCUT2D eigenvalue weighted by atomic mass is 10.1. The number of hydrogen-bond donors (Lipinski definition) is 2. The molecule has 2 aromatic rings. The molecule has 2 N–H and O–H groups in total. The van der Waals surface area contributed by atoms with Gasteiger partial charge in [0.25, 0.3) is 5.56 Å². The van der Waals surface area contributed by atoms with E-state index in [2.05, 4.69) is 27.2 Å². The molecule has 0 unspecified atom stereocenters. The minimum atomic E-state index is -0.187. The second-order valence-electron chi connectivity index (χ2n) is 6.42. The Bertz CT molecular complexity index is 803. The van der Waals surface area contributed by atoms with Gasteiger partial charge in [0.05, 0.1) is 0 Å². The van der Waals surface area contributed by atoms with Gasteiger partial charge < -0.3 is 15.2 Å². The molecule has 0 spiro atoms. The Balaban J connectivity index is 1.71. The second kappa shape index (κ2) is 7.57. The lowest BCUT2D eigenvalue weighted by Gasteiger charge is -2.32. The summed E-state index contributed by atoms with van der Waals surface area (Å²) < 4.78 is 0. The molecule has 7 nitrogen and oxygen atoms in total. The summed E-state index contributed by atoms with van der Waals surface area (Å²) in [6, 6.07) is 3.95. The highest BCUT2D eigenvalue weighted by Gasteiger charge is 2.21. The molecular formula is C18H23N5O2. The van der Waals surface area contributed by atoms with Crippen molar-refractivity contribution >= 4 is 5.91 Å². The van der Waals surface area contributed by atoms with Crippen LogP contribution in [0.25, 0.3) is 11.4 Å². The minimum Gasteiger partial charge on any atom is -0.340 e. The first-order chi connectivity index (χ1) is 12.0. The molecule has 0 saturated carbocycles. The molecule has 0 radical (unpaired) electrons. The molecular weight excluding hydrogens is 318 g/mol. The number of carbonyl (C=O) groups excluding carboxylic acids is 1. The number of H-pyrrole nitrogens is 1. The van der Waals surface area contributed by atoms with Gasteiger partial charge in [-0.2, -0.15) is 0 Å². The number of piperazine rings is 1. The van der Waals surface area contributed by atoms with Crippen molar-refractivity contribution in [2.24, 2.45) is 0 Å². The lowest BCUT2D eigenvalue weighted by molar-refractivity contribution is -0.132. The van der Waals surface area contributed by atoms with Crippen molar-refractivity contribution in [3.05, 3.63) is 46.1 Å². The van der Waals surface area contributed by atoms with E-state index in [-0.39, 0.29) is 11.5 Å². The SMILES string of the molecule is Cc1nc(-c2cccnc2)[nH]c(=O)c1CCC(=O)N1CCN[C@H](C)C1. The molecule has 0 aliphatic carbocycles. The van der Waals surface area contributed by atoms with Crippen LogP contribution in [-0.2, 0) is 11.2 Å². The second-order valence-corrected chi connectivity index (χ2v) is 6.42. The number of hydrogen-bond acceptors (Lipinski definition) is 5. The van der Waals surface area contributed by atoms with E-state index in [1.807, 2.05) is 17.9 Å². The minimum absolute atomic E-state index is 0.0866. The Morgan fingerprint density at radius 1 is 1.44 bits per heavy atom. The molecule has 25 heavy (non-hydrogen) atoms. The zero-order valence-corrected chi connectivity index (χ0v) is 14.6. The third kappa shape index (κ3) is 4.11. The molecule has 1 aliphatic rings. The quantitative estimate of drug-likeness (QED) is 0.862. The summed E-state index contributed by atoms with van der Waals surface area (Å²) >= 11 is 0. The van der Waals surface area contributed by atoms with E-state index in [9.17, 15) is 9.59 Å². The van der Waals surface area contributed by atoms with Gasteiger partial charge in [-0.25, -0.2) is 4.98 Å². The Hall–Kier alpha value is -2.54. The lowest BCUT2D eigenvalue weighted by Crippen LogP contribution is -2.51. The van der Waals surface area contributed by atoms with Crippen LogP contribution in [0.3, 0.4) is 0 Å². The maximum absolute atomic E-state index is 12.4. The number of aromatic nitrogens is 3. The van der Waals surface area contributed by atoms with Gasteiger partial charge in [0, 0.05) is 61.3 Å². The van der Waals surface area contributed by atoms with Crippen LogP contribution in [0.5, 0.6) is 0 Å². The molecule has 0 bridgehead atoms. The van der Waals surface area contributed by atoms with Crippen LogP contribution in [0.2, 0.25) is 0 Å². The molecule has 132 valence electrons. The zero-order valence-electron chi connectivity index (χ0n) is 14.6. The highest BCUT2D eigenvalue weighted by Crippen LogP contribution is 2.13. The van der Waals surface area contributed by atoms with Gasteiger partial charge >= 0.3 is 0 Å². The van der Waals surface area contributed by atoms with Gasteiger partial charge in [-0.05, 0) is 32.4 Å². The molecule has 3 rings (SSSR count). The van der Waals surface area contributed by atoms with Gasteiger partial charge in [-0.3, -0.25) is 14.6 Å². The van der Waals surface area contributed by atoms with Gasteiger partial charge in [0.1, 0.15) is 5.82 Å². The topological polar surface area (TPSA) is 91.0 Å². The largest absolute Gasteiger partial charge is 0.340 e. The number of aromatic amines is 1. The number of rotatable bonds is 4. The van der Waals surface area contributed by atoms with E-state index in [1.165, 1.54) is 0 Å². The molecule has 3 heterocycles. The fraction of sp³-hybridized carbons (Fsp3) is 0.444. The first kappa shape index (κ1) is 17.3. The molecule has 1 saturated heterocycles. The van der Waals surface area contributed by atoms with E-state index in [1.54, 1.807) is 18.5 Å².